The van der Waals surface area contributed by atoms with E-state index in [0.717, 1.165) is 0 Å². The van der Waals surface area contributed by atoms with E-state index < -0.39 is 20.0 Å². The minimum Gasteiger partial charge on any atom is -0.444 e. The Bertz CT molecular complexity index is 295. The number of amides is 1. The van der Waals surface area contributed by atoms with Crippen LogP contribution in [0.3, 0.4) is 0 Å². The first-order valence-corrected chi connectivity index (χ1v) is 9.73. The van der Waals surface area contributed by atoms with Crippen molar-refractivity contribution < 1.29 is 18.7 Å². The first-order valence-electron chi connectivity index (χ1n) is 6.32. The lowest BCUT2D eigenvalue weighted by molar-refractivity contribution is 0.0469. The zero-order valence-corrected chi connectivity index (χ0v) is 13.2. The topological polar surface area (TPSA) is 56.8 Å². The first kappa shape index (κ1) is 15.5. The van der Waals surface area contributed by atoms with Crippen LogP contribution in [0.15, 0.2) is 0 Å². The van der Waals surface area contributed by atoms with E-state index in [4.69, 9.17) is 13.9 Å². The van der Waals surface area contributed by atoms with Crippen molar-refractivity contribution >= 4 is 14.4 Å². The van der Waals surface area contributed by atoms with Gasteiger partial charge in [-0.25, -0.2) is 4.79 Å². The molecule has 1 rings (SSSR count). The summed E-state index contributed by atoms with van der Waals surface area (Å²) in [5.74, 6) is 0. The Kier molecular flexibility index (Phi) is 4.80. The van der Waals surface area contributed by atoms with E-state index in [1.807, 2.05) is 20.8 Å². The Labute approximate surface area is 110 Å². The van der Waals surface area contributed by atoms with Gasteiger partial charge < -0.3 is 19.2 Å². The molecule has 1 fully saturated rings. The molecular formula is C12H25NO4Si. The quantitative estimate of drug-likeness (QED) is 0.802. The molecular weight excluding hydrogens is 250 g/mol. The summed E-state index contributed by atoms with van der Waals surface area (Å²) < 4.78 is 16.6. The summed E-state index contributed by atoms with van der Waals surface area (Å²) >= 11 is 0. The van der Waals surface area contributed by atoms with Crippen molar-refractivity contribution in [3.63, 3.8) is 0 Å². The largest absolute Gasteiger partial charge is 0.444 e. The van der Waals surface area contributed by atoms with E-state index in [0.29, 0.717) is 13.2 Å². The highest BCUT2D eigenvalue weighted by Gasteiger charge is 2.34. The van der Waals surface area contributed by atoms with Crippen LogP contribution in [0.2, 0.25) is 19.6 Å². The fraction of sp³-hybridized carbons (Fsp3) is 0.917. The lowest BCUT2D eigenvalue weighted by Crippen LogP contribution is -2.48. The van der Waals surface area contributed by atoms with Crippen LogP contribution in [0.1, 0.15) is 20.8 Å². The Morgan fingerprint density at radius 2 is 1.89 bits per heavy atom. The van der Waals surface area contributed by atoms with E-state index in [2.05, 4.69) is 25.0 Å². The van der Waals surface area contributed by atoms with Crippen molar-refractivity contribution in [2.75, 3.05) is 13.2 Å². The number of hydrogen-bond donors (Lipinski definition) is 1. The van der Waals surface area contributed by atoms with Gasteiger partial charge in [0.1, 0.15) is 5.60 Å². The summed E-state index contributed by atoms with van der Waals surface area (Å²) in [5.41, 5.74) is -0.487. The van der Waals surface area contributed by atoms with Gasteiger partial charge in [0.05, 0.1) is 25.4 Å². The molecule has 1 amide bonds. The highest BCUT2D eigenvalue weighted by molar-refractivity contribution is 6.69. The van der Waals surface area contributed by atoms with Gasteiger partial charge in [0, 0.05) is 0 Å². The highest BCUT2D eigenvalue weighted by atomic mass is 28.4. The molecule has 5 nitrogen and oxygen atoms in total. The van der Waals surface area contributed by atoms with E-state index in [1.54, 1.807) is 0 Å². The van der Waals surface area contributed by atoms with Crippen LogP contribution in [0.25, 0.3) is 0 Å². The van der Waals surface area contributed by atoms with Crippen LogP contribution in [0.4, 0.5) is 4.79 Å². The van der Waals surface area contributed by atoms with Crippen molar-refractivity contribution in [3.8, 4) is 0 Å². The van der Waals surface area contributed by atoms with Crippen molar-refractivity contribution in [3.05, 3.63) is 0 Å². The first-order chi connectivity index (χ1) is 8.07. The number of alkyl carbamates (subject to hydrolysis) is 1. The molecule has 0 aromatic carbocycles. The second-order valence-corrected chi connectivity index (χ2v) is 11.0. The second kappa shape index (κ2) is 5.58. The predicted octanol–water partition coefficient (Wildman–Crippen LogP) is 2.13. The van der Waals surface area contributed by atoms with Crippen LogP contribution in [0, 0.1) is 0 Å². The maximum absolute atomic E-state index is 11.7. The third-order valence-corrected chi connectivity index (χ3v) is 3.25. The molecule has 0 aromatic heterocycles. The number of ether oxygens (including phenoxy) is 2. The lowest BCUT2D eigenvalue weighted by Gasteiger charge is -2.28. The fourth-order valence-electron chi connectivity index (χ4n) is 1.70. The summed E-state index contributed by atoms with van der Waals surface area (Å²) in [5, 5.41) is 2.82. The molecule has 1 aliphatic heterocycles. The van der Waals surface area contributed by atoms with Gasteiger partial charge in [-0.3, -0.25) is 0 Å². The van der Waals surface area contributed by atoms with Crippen LogP contribution in [0.5, 0.6) is 0 Å². The SMILES string of the molecule is CC(C)(C)OC(=O)N[C@H]1COC[C@@H]1O[Si](C)(C)C. The van der Waals surface area contributed by atoms with E-state index in [-0.39, 0.29) is 12.1 Å². The van der Waals surface area contributed by atoms with Crippen LogP contribution in [-0.4, -0.2) is 45.4 Å². The summed E-state index contributed by atoms with van der Waals surface area (Å²) in [6, 6.07) is -0.119. The fourth-order valence-corrected chi connectivity index (χ4v) is 2.84. The summed E-state index contributed by atoms with van der Waals surface area (Å²) in [7, 11) is -1.63. The minimum atomic E-state index is -1.63. The molecule has 0 radical (unpaired) electrons. The molecule has 0 saturated carbocycles. The number of nitrogens with one attached hydrogen (secondary N) is 1. The summed E-state index contributed by atoms with van der Waals surface area (Å²) in [6.07, 6.45) is -0.480. The second-order valence-electron chi connectivity index (χ2n) is 6.56. The van der Waals surface area contributed by atoms with Crippen molar-refractivity contribution in [2.24, 2.45) is 0 Å². The van der Waals surface area contributed by atoms with Crippen LogP contribution >= 0.6 is 0 Å². The van der Waals surface area contributed by atoms with Gasteiger partial charge in [-0.15, -0.1) is 0 Å². The lowest BCUT2D eigenvalue weighted by atomic mass is 10.2. The van der Waals surface area contributed by atoms with E-state index >= 15 is 0 Å². The molecule has 2 atom stereocenters. The molecule has 0 aromatic rings. The van der Waals surface area contributed by atoms with Gasteiger partial charge >= 0.3 is 6.09 Å². The van der Waals surface area contributed by atoms with Gasteiger partial charge in [0.25, 0.3) is 0 Å². The smallest absolute Gasteiger partial charge is 0.408 e. The minimum absolute atomic E-state index is 0.0656. The third kappa shape index (κ3) is 5.84. The molecule has 6 heteroatoms. The number of rotatable bonds is 3. The summed E-state index contributed by atoms with van der Waals surface area (Å²) in [6.45, 7) is 12.9. The predicted molar refractivity (Wildman–Crippen MR) is 72.2 cm³/mol. The zero-order chi connectivity index (χ0) is 14.0. The molecule has 106 valence electrons. The maximum Gasteiger partial charge on any atom is 0.408 e. The van der Waals surface area contributed by atoms with Crippen molar-refractivity contribution in [2.45, 2.75) is 58.2 Å². The number of carbonyl (C=O) groups excluding carboxylic acids is 1. The van der Waals surface area contributed by atoms with Gasteiger partial charge in [0.2, 0.25) is 0 Å². The molecule has 1 heterocycles. The number of hydrogen-bond acceptors (Lipinski definition) is 4. The van der Waals surface area contributed by atoms with Gasteiger partial charge in [-0.2, -0.15) is 0 Å². The monoisotopic (exact) mass is 275 g/mol. The van der Waals surface area contributed by atoms with E-state index in [1.165, 1.54) is 0 Å². The van der Waals surface area contributed by atoms with Gasteiger partial charge in [-0.05, 0) is 40.4 Å². The van der Waals surface area contributed by atoms with Crippen LogP contribution < -0.4 is 5.32 Å². The van der Waals surface area contributed by atoms with Crippen molar-refractivity contribution in [1.29, 1.82) is 0 Å². The Balaban J connectivity index is 2.48. The molecule has 1 aliphatic rings. The molecule has 0 aliphatic carbocycles. The van der Waals surface area contributed by atoms with E-state index in [9.17, 15) is 4.79 Å². The highest BCUT2D eigenvalue weighted by Crippen LogP contribution is 2.16. The molecule has 0 spiro atoms. The molecule has 0 unspecified atom stereocenters. The average molecular weight is 275 g/mol. The Hall–Kier alpha value is -0.593. The van der Waals surface area contributed by atoms with Crippen molar-refractivity contribution in [1.82, 2.24) is 5.32 Å². The summed E-state index contributed by atoms with van der Waals surface area (Å²) in [4.78, 5) is 11.7. The van der Waals surface area contributed by atoms with Gasteiger partial charge in [-0.1, -0.05) is 0 Å². The van der Waals surface area contributed by atoms with Crippen LogP contribution in [-0.2, 0) is 13.9 Å². The molecule has 1 N–H and O–H groups in total. The molecule has 1 saturated heterocycles. The Morgan fingerprint density at radius 3 is 2.39 bits per heavy atom. The normalized spacial score (nSPS) is 25.0. The van der Waals surface area contributed by atoms with Gasteiger partial charge in [0.15, 0.2) is 8.32 Å². The maximum atomic E-state index is 11.7. The average Bonchev–Trinajstić information content (AvgIpc) is 2.45. The number of carbonyl (C=O) groups is 1. The third-order valence-electron chi connectivity index (χ3n) is 2.24. The Morgan fingerprint density at radius 1 is 1.28 bits per heavy atom. The standard InChI is InChI=1S/C12H25NO4Si/c1-12(2,3)16-11(14)13-9-7-15-8-10(9)17-18(4,5)6/h9-10H,7-8H2,1-6H3,(H,13,14)/t9-,10-/m0/s1. The molecule has 18 heavy (non-hydrogen) atoms. The zero-order valence-electron chi connectivity index (χ0n) is 12.2. The molecule has 0 bridgehead atoms.